The molecule has 1 saturated carbocycles. The molecule has 0 saturated heterocycles. The number of nitrogens with one attached hydrogen (secondary N) is 1. The summed E-state index contributed by atoms with van der Waals surface area (Å²) in [6, 6.07) is -0.335. The predicted octanol–water partition coefficient (Wildman–Crippen LogP) is 1.13. The molecule has 1 aliphatic rings. The fourth-order valence-corrected chi connectivity index (χ4v) is 2.14. The SMILES string of the molecule is COC(c1noc(C(N)Cc2cnc[nH]2)n1)C1CC1. The Bertz CT molecular complexity index is 520. The van der Waals surface area contributed by atoms with Crippen LogP contribution in [0.15, 0.2) is 17.0 Å². The van der Waals surface area contributed by atoms with Crippen LogP contribution in [0.25, 0.3) is 0 Å². The van der Waals surface area contributed by atoms with Crippen LogP contribution in [-0.4, -0.2) is 27.2 Å². The van der Waals surface area contributed by atoms with Crippen LogP contribution in [0.1, 0.15) is 42.4 Å². The maximum atomic E-state index is 6.05. The van der Waals surface area contributed by atoms with Crippen LogP contribution in [0.4, 0.5) is 0 Å². The quantitative estimate of drug-likeness (QED) is 0.809. The molecule has 19 heavy (non-hydrogen) atoms. The second kappa shape index (κ2) is 5.10. The summed E-state index contributed by atoms with van der Waals surface area (Å²) in [5, 5.41) is 3.98. The molecule has 3 rings (SSSR count). The summed E-state index contributed by atoms with van der Waals surface area (Å²) < 4.78 is 10.7. The lowest BCUT2D eigenvalue weighted by Crippen LogP contribution is -2.14. The molecule has 7 heteroatoms. The van der Waals surface area contributed by atoms with Gasteiger partial charge in [0.2, 0.25) is 11.7 Å². The average Bonchev–Trinajstić information content (AvgIpc) is 2.92. The van der Waals surface area contributed by atoms with Gasteiger partial charge in [0.15, 0.2) is 0 Å². The molecule has 0 spiro atoms. The molecular weight excluding hydrogens is 246 g/mol. The van der Waals surface area contributed by atoms with Gasteiger partial charge in [0, 0.05) is 25.4 Å². The van der Waals surface area contributed by atoms with E-state index < -0.39 is 0 Å². The van der Waals surface area contributed by atoms with E-state index in [0.29, 0.717) is 24.1 Å². The van der Waals surface area contributed by atoms with Crippen molar-refractivity contribution in [2.75, 3.05) is 7.11 Å². The summed E-state index contributed by atoms with van der Waals surface area (Å²) in [4.78, 5) is 11.3. The lowest BCUT2D eigenvalue weighted by atomic mass is 10.2. The standard InChI is InChI=1S/C12H17N5O2/c1-18-10(7-2-3-7)11-16-12(19-17-11)9(13)4-8-5-14-6-15-8/h5-7,9-10H,2-4,13H2,1H3,(H,14,15). The predicted molar refractivity (Wildman–Crippen MR) is 66.0 cm³/mol. The van der Waals surface area contributed by atoms with E-state index in [0.717, 1.165) is 18.5 Å². The van der Waals surface area contributed by atoms with Crippen LogP contribution < -0.4 is 5.73 Å². The second-order valence-corrected chi connectivity index (χ2v) is 4.87. The Labute approximate surface area is 110 Å². The fraction of sp³-hybridized carbons (Fsp3) is 0.583. The minimum Gasteiger partial charge on any atom is -0.373 e. The van der Waals surface area contributed by atoms with E-state index in [4.69, 9.17) is 15.0 Å². The smallest absolute Gasteiger partial charge is 0.244 e. The number of hydrogen-bond donors (Lipinski definition) is 2. The molecule has 2 heterocycles. The lowest BCUT2D eigenvalue weighted by molar-refractivity contribution is 0.0751. The van der Waals surface area contributed by atoms with Crippen molar-refractivity contribution in [2.24, 2.45) is 11.7 Å². The second-order valence-electron chi connectivity index (χ2n) is 4.87. The third-order valence-corrected chi connectivity index (χ3v) is 3.33. The van der Waals surface area contributed by atoms with Crippen molar-refractivity contribution >= 4 is 0 Å². The number of imidazole rings is 1. The number of aromatic nitrogens is 4. The molecule has 2 unspecified atom stereocenters. The maximum Gasteiger partial charge on any atom is 0.244 e. The number of rotatable bonds is 6. The first kappa shape index (κ1) is 12.3. The molecule has 102 valence electrons. The summed E-state index contributed by atoms with van der Waals surface area (Å²) in [5.41, 5.74) is 6.99. The molecular formula is C12H17N5O2. The summed E-state index contributed by atoms with van der Waals surface area (Å²) in [6.07, 6.45) is 6.18. The molecule has 7 nitrogen and oxygen atoms in total. The van der Waals surface area contributed by atoms with E-state index in [1.807, 2.05) is 0 Å². The molecule has 0 amide bonds. The van der Waals surface area contributed by atoms with Crippen molar-refractivity contribution in [3.8, 4) is 0 Å². The molecule has 2 aromatic heterocycles. The van der Waals surface area contributed by atoms with Crippen LogP contribution in [0.5, 0.6) is 0 Å². The first-order valence-corrected chi connectivity index (χ1v) is 6.37. The Balaban J connectivity index is 1.69. The number of methoxy groups -OCH3 is 1. The minimum absolute atomic E-state index is 0.0724. The van der Waals surface area contributed by atoms with Crippen LogP contribution in [0, 0.1) is 5.92 Å². The number of nitrogens with zero attached hydrogens (tertiary/aromatic N) is 3. The zero-order chi connectivity index (χ0) is 13.2. The maximum absolute atomic E-state index is 6.05. The zero-order valence-corrected chi connectivity index (χ0v) is 10.7. The number of ether oxygens (including phenoxy) is 1. The monoisotopic (exact) mass is 263 g/mol. The van der Waals surface area contributed by atoms with Gasteiger partial charge in [0.25, 0.3) is 0 Å². The van der Waals surface area contributed by atoms with Crippen LogP contribution in [0.2, 0.25) is 0 Å². The van der Waals surface area contributed by atoms with Crippen LogP contribution >= 0.6 is 0 Å². The molecule has 0 bridgehead atoms. The molecule has 3 N–H and O–H groups in total. The fourth-order valence-electron chi connectivity index (χ4n) is 2.14. The first-order chi connectivity index (χ1) is 9.28. The molecule has 0 radical (unpaired) electrons. The summed E-state index contributed by atoms with van der Waals surface area (Å²) in [7, 11) is 1.67. The Morgan fingerprint density at radius 1 is 1.58 bits per heavy atom. The summed E-state index contributed by atoms with van der Waals surface area (Å²) >= 11 is 0. The summed E-state index contributed by atoms with van der Waals surface area (Å²) in [6.45, 7) is 0. The topological polar surface area (TPSA) is 103 Å². The Morgan fingerprint density at radius 2 is 2.42 bits per heavy atom. The molecule has 1 fully saturated rings. The van der Waals surface area contributed by atoms with Crippen molar-refractivity contribution in [2.45, 2.75) is 31.4 Å². The van der Waals surface area contributed by atoms with E-state index in [1.165, 1.54) is 0 Å². The number of nitrogens with two attached hydrogens (primary N) is 1. The van der Waals surface area contributed by atoms with E-state index in [2.05, 4.69) is 20.1 Å². The molecule has 0 aliphatic heterocycles. The van der Waals surface area contributed by atoms with Gasteiger partial charge in [-0.3, -0.25) is 0 Å². The van der Waals surface area contributed by atoms with Crippen LogP contribution in [-0.2, 0) is 11.2 Å². The van der Waals surface area contributed by atoms with E-state index >= 15 is 0 Å². The number of hydrogen-bond acceptors (Lipinski definition) is 6. The molecule has 1 aliphatic carbocycles. The molecule has 2 aromatic rings. The Hall–Kier alpha value is -1.73. The lowest BCUT2D eigenvalue weighted by Gasteiger charge is -2.08. The first-order valence-electron chi connectivity index (χ1n) is 6.37. The normalized spacial score (nSPS) is 18.4. The van der Waals surface area contributed by atoms with E-state index in [1.54, 1.807) is 19.6 Å². The van der Waals surface area contributed by atoms with Gasteiger partial charge < -0.3 is 20.0 Å². The average molecular weight is 263 g/mol. The minimum atomic E-state index is -0.335. The molecule has 2 atom stereocenters. The van der Waals surface area contributed by atoms with E-state index in [9.17, 15) is 0 Å². The van der Waals surface area contributed by atoms with Crippen molar-refractivity contribution in [3.63, 3.8) is 0 Å². The van der Waals surface area contributed by atoms with Crippen molar-refractivity contribution in [3.05, 3.63) is 29.9 Å². The zero-order valence-electron chi connectivity index (χ0n) is 10.7. The Morgan fingerprint density at radius 3 is 3.05 bits per heavy atom. The highest BCUT2D eigenvalue weighted by molar-refractivity contribution is 5.04. The summed E-state index contributed by atoms with van der Waals surface area (Å²) in [5.74, 6) is 1.55. The Kier molecular flexibility index (Phi) is 3.31. The third kappa shape index (κ3) is 2.66. The van der Waals surface area contributed by atoms with Gasteiger partial charge in [-0.2, -0.15) is 4.98 Å². The van der Waals surface area contributed by atoms with Gasteiger partial charge in [0.1, 0.15) is 6.10 Å². The van der Waals surface area contributed by atoms with Gasteiger partial charge in [-0.05, 0) is 18.8 Å². The largest absolute Gasteiger partial charge is 0.373 e. The van der Waals surface area contributed by atoms with Crippen LogP contribution in [0.3, 0.4) is 0 Å². The van der Waals surface area contributed by atoms with Crippen molar-refractivity contribution < 1.29 is 9.26 Å². The van der Waals surface area contributed by atoms with Gasteiger partial charge in [0.05, 0.1) is 12.4 Å². The third-order valence-electron chi connectivity index (χ3n) is 3.33. The highest BCUT2D eigenvalue weighted by Crippen LogP contribution is 2.42. The van der Waals surface area contributed by atoms with Gasteiger partial charge in [-0.25, -0.2) is 4.98 Å². The van der Waals surface area contributed by atoms with E-state index in [-0.39, 0.29) is 12.1 Å². The van der Waals surface area contributed by atoms with Crippen molar-refractivity contribution in [1.82, 2.24) is 20.1 Å². The van der Waals surface area contributed by atoms with Gasteiger partial charge in [-0.15, -0.1) is 0 Å². The number of H-pyrrole nitrogens is 1. The highest BCUT2D eigenvalue weighted by atomic mass is 16.5. The number of aromatic amines is 1. The van der Waals surface area contributed by atoms with Gasteiger partial charge in [-0.1, -0.05) is 5.16 Å². The van der Waals surface area contributed by atoms with Crippen molar-refractivity contribution in [1.29, 1.82) is 0 Å². The molecule has 0 aromatic carbocycles. The highest BCUT2D eigenvalue weighted by Gasteiger charge is 2.36. The van der Waals surface area contributed by atoms with Gasteiger partial charge >= 0.3 is 0 Å².